The molecule has 0 aromatic carbocycles. The van der Waals surface area contributed by atoms with E-state index < -0.39 is 60.6 Å². The van der Waals surface area contributed by atoms with Gasteiger partial charge in [0.1, 0.15) is 6.10 Å². The highest BCUT2D eigenvalue weighted by Crippen LogP contribution is 2.31. The van der Waals surface area contributed by atoms with Gasteiger partial charge >= 0.3 is 5.97 Å². The summed E-state index contributed by atoms with van der Waals surface area (Å²) in [7, 11) is 0. The summed E-state index contributed by atoms with van der Waals surface area (Å²) in [5, 5.41) is 51.3. The lowest BCUT2D eigenvalue weighted by Crippen LogP contribution is -2.62. The number of carboxylic acid groups (broad SMARTS) is 1. The minimum Gasteiger partial charge on any atom is -0.481 e. The zero-order valence-electron chi connectivity index (χ0n) is 15.2. The van der Waals surface area contributed by atoms with Gasteiger partial charge < -0.3 is 30.8 Å². The molecule has 1 amide bonds. The quantitative estimate of drug-likeness (QED) is 0.368. The van der Waals surface area contributed by atoms with E-state index in [1.807, 2.05) is 20.8 Å². The van der Waals surface area contributed by atoms with Gasteiger partial charge in [0, 0.05) is 12.5 Å². The molecule has 0 radical (unpaired) electrons. The number of hydrogen-bond acceptors (Lipinski definition) is 6. The van der Waals surface area contributed by atoms with Crippen LogP contribution in [0.1, 0.15) is 40.5 Å². The topological polar surface area (TPSA) is 147 Å². The van der Waals surface area contributed by atoms with E-state index in [1.54, 1.807) is 0 Å². The molecule has 0 spiro atoms. The fourth-order valence-corrected chi connectivity index (χ4v) is 3.28. The first-order valence-electron chi connectivity index (χ1n) is 8.57. The number of rotatable bonds is 6. The molecular formula is C17H31NO7. The van der Waals surface area contributed by atoms with Crippen molar-refractivity contribution in [3.8, 4) is 0 Å². The van der Waals surface area contributed by atoms with Crippen molar-refractivity contribution >= 4 is 11.9 Å². The molecule has 6 N–H and O–H groups in total. The SMILES string of the molecule is CC(C(=O)O)C(CC(C)(C)C)C(=O)NC1C(O)CC(CO)C(O)C1O. The van der Waals surface area contributed by atoms with Crippen LogP contribution in [0.2, 0.25) is 0 Å². The van der Waals surface area contributed by atoms with Crippen molar-refractivity contribution in [1.29, 1.82) is 0 Å². The Balaban J connectivity index is 2.93. The first kappa shape index (κ1) is 21.8. The maximum atomic E-state index is 12.7. The van der Waals surface area contributed by atoms with E-state index in [0.717, 1.165) is 0 Å². The van der Waals surface area contributed by atoms with Crippen LogP contribution in [0.3, 0.4) is 0 Å². The molecule has 0 aromatic heterocycles. The predicted molar refractivity (Wildman–Crippen MR) is 89.5 cm³/mol. The van der Waals surface area contributed by atoms with Crippen LogP contribution in [0.25, 0.3) is 0 Å². The lowest BCUT2D eigenvalue weighted by Gasteiger charge is -2.41. The van der Waals surface area contributed by atoms with Gasteiger partial charge in [-0.3, -0.25) is 9.59 Å². The van der Waals surface area contributed by atoms with Crippen LogP contribution < -0.4 is 5.32 Å². The normalized spacial score (nSPS) is 32.7. The number of aliphatic carboxylic acids is 1. The monoisotopic (exact) mass is 361 g/mol. The van der Waals surface area contributed by atoms with E-state index in [9.17, 15) is 35.1 Å². The van der Waals surface area contributed by atoms with Gasteiger partial charge in [-0.25, -0.2) is 0 Å². The Morgan fingerprint density at radius 2 is 1.72 bits per heavy atom. The number of carbonyl (C=O) groups is 2. The van der Waals surface area contributed by atoms with Gasteiger partial charge in [0.2, 0.25) is 5.91 Å². The average Bonchev–Trinajstić information content (AvgIpc) is 2.50. The number of amides is 1. The van der Waals surface area contributed by atoms with Crippen molar-refractivity contribution in [2.24, 2.45) is 23.2 Å². The molecule has 1 aliphatic carbocycles. The predicted octanol–water partition coefficient (Wildman–Crippen LogP) is -0.661. The molecule has 0 bridgehead atoms. The van der Waals surface area contributed by atoms with Crippen LogP contribution in [0, 0.1) is 23.2 Å². The number of nitrogens with one attached hydrogen (secondary N) is 1. The summed E-state index contributed by atoms with van der Waals surface area (Å²) in [6.45, 7) is 6.73. The van der Waals surface area contributed by atoms with Gasteiger partial charge in [-0.2, -0.15) is 0 Å². The molecule has 0 aliphatic heterocycles. The largest absolute Gasteiger partial charge is 0.481 e. The van der Waals surface area contributed by atoms with Crippen LogP contribution in [0.5, 0.6) is 0 Å². The lowest BCUT2D eigenvalue weighted by molar-refractivity contribution is -0.150. The third-order valence-corrected chi connectivity index (χ3v) is 4.87. The van der Waals surface area contributed by atoms with E-state index in [1.165, 1.54) is 6.92 Å². The molecule has 7 unspecified atom stereocenters. The van der Waals surface area contributed by atoms with Gasteiger partial charge in [0.05, 0.1) is 30.1 Å². The zero-order chi connectivity index (χ0) is 19.5. The van der Waals surface area contributed by atoms with E-state index in [-0.39, 0.29) is 11.8 Å². The Labute approximate surface area is 147 Å². The van der Waals surface area contributed by atoms with Crippen LogP contribution in [-0.2, 0) is 9.59 Å². The second kappa shape index (κ2) is 8.44. The summed E-state index contributed by atoms with van der Waals surface area (Å²) in [5.74, 6) is -4.14. The first-order chi connectivity index (χ1) is 11.4. The van der Waals surface area contributed by atoms with Crippen molar-refractivity contribution < 1.29 is 35.1 Å². The van der Waals surface area contributed by atoms with E-state index in [2.05, 4.69) is 5.32 Å². The molecule has 146 valence electrons. The average molecular weight is 361 g/mol. The fourth-order valence-electron chi connectivity index (χ4n) is 3.28. The molecular weight excluding hydrogens is 330 g/mol. The van der Waals surface area contributed by atoms with Gasteiger partial charge in [-0.05, 0) is 18.3 Å². The van der Waals surface area contributed by atoms with E-state index >= 15 is 0 Å². The van der Waals surface area contributed by atoms with Gasteiger partial charge in [0.15, 0.2) is 0 Å². The highest BCUT2D eigenvalue weighted by Gasteiger charge is 2.44. The maximum Gasteiger partial charge on any atom is 0.307 e. The van der Waals surface area contributed by atoms with E-state index in [4.69, 9.17) is 0 Å². The summed E-state index contributed by atoms with van der Waals surface area (Å²) in [6.07, 6.45) is -3.53. The number of aliphatic hydroxyl groups is 4. The molecule has 0 heterocycles. The van der Waals surface area contributed by atoms with Crippen molar-refractivity contribution in [2.75, 3.05) is 6.61 Å². The molecule has 0 saturated heterocycles. The molecule has 0 aromatic rings. The second-order valence-corrected chi connectivity index (χ2v) is 8.26. The number of carbonyl (C=O) groups excluding carboxylic acids is 1. The van der Waals surface area contributed by atoms with Gasteiger partial charge in [0.25, 0.3) is 0 Å². The fraction of sp³-hybridized carbons (Fsp3) is 0.882. The maximum absolute atomic E-state index is 12.7. The molecule has 8 nitrogen and oxygen atoms in total. The summed E-state index contributed by atoms with van der Waals surface area (Å²) >= 11 is 0. The molecule has 8 heteroatoms. The molecule has 1 rings (SSSR count). The Morgan fingerprint density at radius 1 is 1.16 bits per heavy atom. The lowest BCUT2D eigenvalue weighted by atomic mass is 9.77. The molecule has 1 saturated carbocycles. The Bertz CT molecular complexity index is 476. The molecule has 1 aliphatic rings. The smallest absolute Gasteiger partial charge is 0.307 e. The summed E-state index contributed by atoms with van der Waals surface area (Å²) in [6, 6.07) is -1.12. The Morgan fingerprint density at radius 3 is 2.16 bits per heavy atom. The third kappa shape index (κ3) is 5.64. The van der Waals surface area contributed by atoms with Crippen LogP contribution in [-0.4, -0.2) is 68.4 Å². The second-order valence-electron chi connectivity index (χ2n) is 8.26. The van der Waals surface area contributed by atoms with Crippen molar-refractivity contribution in [3.63, 3.8) is 0 Å². The highest BCUT2D eigenvalue weighted by atomic mass is 16.4. The number of aliphatic hydroxyl groups excluding tert-OH is 4. The highest BCUT2D eigenvalue weighted by molar-refractivity contribution is 5.84. The van der Waals surface area contributed by atoms with Crippen LogP contribution in [0.4, 0.5) is 0 Å². The number of hydrogen-bond donors (Lipinski definition) is 6. The zero-order valence-corrected chi connectivity index (χ0v) is 15.2. The molecule has 1 fully saturated rings. The summed E-state index contributed by atoms with van der Waals surface area (Å²) in [4.78, 5) is 24.0. The Hall–Kier alpha value is -1.22. The van der Waals surface area contributed by atoms with Crippen molar-refractivity contribution in [3.05, 3.63) is 0 Å². The molecule has 7 atom stereocenters. The van der Waals surface area contributed by atoms with Crippen molar-refractivity contribution in [2.45, 2.75) is 64.9 Å². The minimum absolute atomic E-state index is 0.0259. The summed E-state index contributed by atoms with van der Waals surface area (Å²) in [5.41, 5.74) is -0.295. The molecule has 25 heavy (non-hydrogen) atoms. The minimum atomic E-state index is -1.44. The van der Waals surface area contributed by atoms with Crippen LogP contribution in [0.15, 0.2) is 0 Å². The standard InChI is InChI=1S/C17H31NO7/c1-8(16(24)25)10(6-17(2,3)4)15(23)18-12-11(20)5-9(7-19)13(21)14(12)22/h8-14,19-22H,5-7H2,1-4H3,(H,18,23)(H,24,25). The summed E-state index contributed by atoms with van der Waals surface area (Å²) < 4.78 is 0. The number of carboxylic acids is 1. The first-order valence-corrected chi connectivity index (χ1v) is 8.57. The van der Waals surface area contributed by atoms with Gasteiger partial charge in [-0.1, -0.05) is 27.7 Å². The van der Waals surface area contributed by atoms with Gasteiger partial charge in [-0.15, -0.1) is 0 Å². The van der Waals surface area contributed by atoms with E-state index in [0.29, 0.717) is 6.42 Å². The van der Waals surface area contributed by atoms with Crippen molar-refractivity contribution in [1.82, 2.24) is 5.32 Å². The third-order valence-electron chi connectivity index (χ3n) is 4.87. The Kier molecular flexibility index (Phi) is 7.37. The van der Waals surface area contributed by atoms with Crippen LogP contribution >= 0.6 is 0 Å².